The highest BCUT2D eigenvalue weighted by atomic mass is 16.5. The Morgan fingerprint density at radius 2 is 2.08 bits per heavy atom. The normalized spacial score (nSPS) is 14.1. The van der Waals surface area contributed by atoms with E-state index in [1.165, 1.54) is 5.56 Å². The molecule has 25 heavy (non-hydrogen) atoms. The number of carbonyl (C=O) groups is 1. The lowest BCUT2D eigenvalue weighted by molar-refractivity contribution is -0.121. The van der Waals surface area contributed by atoms with Crippen LogP contribution in [0.4, 0.5) is 0 Å². The molecular formula is C19H30N4O2. The zero-order valence-electron chi connectivity index (χ0n) is 15.3. The molecule has 1 aromatic rings. The van der Waals surface area contributed by atoms with E-state index in [0.29, 0.717) is 19.0 Å². The van der Waals surface area contributed by atoms with E-state index in [4.69, 9.17) is 4.74 Å². The Bertz CT molecular complexity index is 570. The molecule has 2 rings (SSSR count). The molecule has 1 saturated carbocycles. The van der Waals surface area contributed by atoms with Crippen molar-refractivity contribution in [1.29, 1.82) is 0 Å². The molecule has 3 N–H and O–H groups in total. The highest BCUT2D eigenvalue weighted by Gasteiger charge is 2.22. The lowest BCUT2D eigenvalue weighted by atomic mass is 10.1. The second-order valence-electron chi connectivity index (χ2n) is 6.19. The molecule has 0 unspecified atom stereocenters. The molecule has 0 spiro atoms. The fourth-order valence-electron chi connectivity index (χ4n) is 2.52. The molecule has 0 aliphatic heterocycles. The summed E-state index contributed by atoms with van der Waals surface area (Å²) in [4.78, 5) is 16.2. The first-order chi connectivity index (χ1) is 12.2. The summed E-state index contributed by atoms with van der Waals surface area (Å²) in [6.45, 7) is 4.26. The standard InChI is InChI=1S/C19H30N4O2/c1-3-20-19(21-13-6-9-18(24)23-16-10-11-16)22-14-12-15-7-4-5-8-17(15)25-2/h4-5,7-8,16H,3,6,9-14H2,1-2H3,(H,23,24)(H2,20,21,22). The van der Waals surface area contributed by atoms with Crippen molar-refractivity contribution in [2.24, 2.45) is 4.99 Å². The van der Waals surface area contributed by atoms with Crippen LogP contribution in [-0.4, -0.2) is 44.7 Å². The van der Waals surface area contributed by atoms with Gasteiger partial charge in [0, 0.05) is 32.1 Å². The molecule has 138 valence electrons. The van der Waals surface area contributed by atoms with Crippen LogP contribution in [0.5, 0.6) is 5.75 Å². The number of aliphatic imine (C=N–C) groups is 1. The van der Waals surface area contributed by atoms with Gasteiger partial charge < -0.3 is 20.7 Å². The van der Waals surface area contributed by atoms with Gasteiger partial charge in [0.25, 0.3) is 0 Å². The fraction of sp³-hybridized carbons (Fsp3) is 0.579. The minimum atomic E-state index is 0.145. The maximum Gasteiger partial charge on any atom is 0.220 e. The van der Waals surface area contributed by atoms with Crippen LogP contribution in [0.25, 0.3) is 0 Å². The largest absolute Gasteiger partial charge is 0.496 e. The Balaban J connectivity index is 1.70. The van der Waals surface area contributed by atoms with Gasteiger partial charge in [0.2, 0.25) is 5.91 Å². The Kier molecular flexibility index (Phi) is 8.09. The van der Waals surface area contributed by atoms with Gasteiger partial charge >= 0.3 is 0 Å². The molecule has 6 nitrogen and oxygen atoms in total. The van der Waals surface area contributed by atoms with E-state index in [2.05, 4.69) is 27.0 Å². The Labute approximate surface area is 150 Å². The van der Waals surface area contributed by atoms with Crippen molar-refractivity contribution < 1.29 is 9.53 Å². The smallest absolute Gasteiger partial charge is 0.220 e. The molecule has 1 aromatic carbocycles. The van der Waals surface area contributed by atoms with Crippen LogP contribution in [0, 0.1) is 0 Å². The van der Waals surface area contributed by atoms with E-state index in [1.54, 1.807) is 7.11 Å². The first kappa shape index (κ1) is 19.1. The van der Waals surface area contributed by atoms with Crippen LogP contribution in [0.3, 0.4) is 0 Å². The van der Waals surface area contributed by atoms with Gasteiger partial charge in [-0.3, -0.25) is 9.79 Å². The first-order valence-electron chi connectivity index (χ1n) is 9.16. The molecule has 6 heteroatoms. The number of hydrogen-bond donors (Lipinski definition) is 3. The summed E-state index contributed by atoms with van der Waals surface area (Å²) < 4.78 is 5.37. The molecule has 0 heterocycles. The average molecular weight is 346 g/mol. The van der Waals surface area contributed by atoms with Gasteiger partial charge in [-0.05, 0) is 44.2 Å². The number of hydrogen-bond acceptors (Lipinski definition) is 3. The maximum atomic E-state index is 11.7. The summed E-state index contributed by atoms with van der Waals surface area (Å²) in [5, 5.41) is 9.57. The van der Waals surface area contributed by atoms with E-state index in [9.17, 15) is 4.79 Å². The Morgan fingerprint density at radius 3 is 2.80 bits per heavy atom. The van der Waals surface area contributed by atoms with E-state index in [1.807, 2.05) is 25.1 Å². The molecule has 0 bridgehead atoms. The molecule has 0 radical (unpaired) electrons. The van der Waals surface area contributed by atoms with Gasteiger partial charge in [-0.1, -0.05) is 18.2 Å². The van der Waals surface area contributed by atoms with Gasteiger partial charge in [-0.25, -0.2) is 0 Å². The quantitative estimate of drug-likeness (QED) is 0.343. The summed E-state index contributed by atoms with van der Waals surface area (Å²) >= 11 is 0. The van der Waals surface area contributed by atoms with Gasteiger partial charge in [-0.2, -0.15) is 0 Å². The van der Waals surface area contributed by atoms with Crippen LogP contribution in [-0.2, 0) is 11.2 Å². The number of para-hydroxylation sites is 1. The third-order valence-corrected chi connectivity index (χ3v) is 4.00. The number of nitrogens with zero attached hydrogens (tertiary/aromatic N) is 1. The number of rotatable bonds is 10. The Morgan fingerprint density at radius 1 is 1.28 bits per heavy atom. The van der Waals surface area contributed by atoms with Crippen molar-refractivity contribution in [1.82, 2.24) is 16.0 Å². The van der Waals surface area contributed by atoms with Crippen molar-refractivity contribution in [2.75, 3.05) is 26.7 Å². The fourth-order valence-corrected chi connectivity index (χ4v) is 2.52. The third-order valence-electron chi connectivity index (χ3n) is 4.00. The van der Waals surface area contributed by atoms with Gasteiger partial charge in [0.05, 0.1) is 7.11 Å². The van der Waals surface area contributed by atoms with Crippen molar-refractivity contribution in [3.05, 3.63) is 29.8 Å². The average Bonchev–Trinajstić information content (AvgIpc) is 3.43. The molecule has 0 saturated heterocycles. The zero-order chi connectivity index (χ0) is 17.9. The summed E-state index contributed by atoms with van der Waals surface area (Å²) in [5.74, 6) is 1.85. The summed E-state index contributed by atoms with van der Waals surface area (Å²) in [7, 11) is 1.69. The minimum absolute atomic E-state index is 0.145. The van der Waals surface area contributed by atoms with Crippen molar-refractivity contribution in [3.8, 4) is 5.75 Å². The highest BCUT2D eigenvalue weighted by Crippen LogP contribution is 2.18. The number of methoxy groups -OCH3 is 1. The van der Waals surface area contributed by atoms with E-state index in [0.717, 1.165) is 50.5 Å². The molecule has 0 atom stereocenters. The molecular weight excluding hydrogens is 316 g/mol. The lowest BCUT2D eigenvalue weighted by Gasteiger charge is -2.12. The number of nitrogens with one attached hydrogen (secondary N) is 3. The molecule has 1 aliphatic carbocycles. The summed E-state index contributed by atoms with van der Waals surface area (Å²) in [6.07, 6.45) is 4.43. The van der Waals surface area contributed by atoms with Crippen LogP contribution in [0.2, 0.25) is 0 Å². The number of carbonyl (C=O) groups excluding carboxylic acids is 1. The van der Waals surface area contributed by atoms with Crippen LogP contribution >= 0.6 is 0 Å². The van der Waals surface area contributed by atoms with Crippen molar-refractivity contribution in [3.63, 3.8) is 0 Å². The van der Waals surface area contributed by atoms with Gasteiger partial charge in [-0.15, -0.1) is 0 Å². The van der Waals surface area contributed by atoms with Crippen LogP contribution in [0.1, 0.15) is 38.2 Å². The maximum absolute atomic E-state index is 11.7. The first-order valence-corrected chi connectivity index (χ1v) is 9.16. The van der Waals surface area contributed by atoms with E-state index < -0.39 is 0 Å². The monoisotopic (exact) mass is 346 g/mol. The minimum Gasteiger partial charge on any atom is -0.496 e. The predicted octanol–water partition coefficient (Wildman–Crippen LogP) is 1.85. The van der Waals surface area contributed by atoms with E-state index >= 15 is 0 Å². The summed E-state index contributed by atoms with van der Waals surface area (Å²) in [5.41, 5.74) is 1.17. The third kappa shape index (κ3) is 7.45. The van der Waals surface area contributed by atoms with Gasteiger partial charge in [0.1, 0.15) is 5.75 Å². The van der Waals surface area contributed by atoms with Crippen molar-refractivity contribution >= 4 is 11.9 Å². The van der Waals surface area contributed by atoms with Crippen LogP contribution in [0.15, 0.2) is 29.3 Å². The van der Waals surface area contributed by atoms with E-state index in [-0.39, 0.29) is 5.91 Å². The molecule has 1 amide bonds. The van der Waals surface area contributed by atoms with Gasteiger partial charge in [0.15, 0.2) is 5.96 Å². The molecule has 1 aliphatic rings. The predicted molar refractivity (Wildman–Crippen MR) is 101 cm³/mol. The highest BCUT2D eigenvalue weighted by molar-refractivity contribution is 5.80. The molecule has 1 fully saturated rings. The topological polar surface area (TPSA) is 74.8 Å². The SMILES string of the molecule is CCNC(=NCCCC(=O)NC1CC1)NCCc1ccccc1OC. The molecule has 0 aromatic heterocycles. The van der Waals surface area contributed by atoms with Crippen molar-refractivity contribution in [2.45, 2.75) is 45.1 Å². The number of guanidine groups is 1. The second kappa shape index (κ2) is 10.6. The van der Waals surface area contributed by atoms with Crippen LogP contribution < -0.4 is 20.7 Å². The number of benzene rings is 1. The zero-order valence-corrected chi connectivity index (χ0v) is 15.3. The Hall–Kier alpha value is -2.24. The number of ether oxygens (including phenoxy) is 1. The summed E-state index contributed by atoms with van der Waals surface area (Å²) in [6, 6.07) is 8.47. The number of amides is 1. The second-order valence-corrected chi connectivity index (χ2v) is 6.19. The lowest BCUT2D eigenvalue weighted by Crippen LogP contribution is -2.38.